The van der Waals surface area contributed by atoms with Gasteiger partial charge >= 0.3 is 5.97 Å². The maximum absolute atomic E-state index is 10.8. The van der Waals surface area contributed by atoms with Crippen molar-refractivity contribution in [3.05, 3.63) is 33.6 Å². The fourth-order valence-corrected chi connectivity index (χ4v) is 3.50. The molecule has 0 amide bonds. The zero-order chi connectivity index (χ0) is 19.7. The minimum absolute atomic E-state index is 0.0868. The number of carbonyl (C=O) groups is 1. The van der Waals surface area contributed by atoms with Gasteiger partial charge in [-0.2, -0.15) is 0 Å². The van der Waals surface area contributed by atoms with Crippen LogP contribution in [-0.2, 0) is 22.2 Å². The number of hydrogen-bond acceptors (Lipinski definition) is 5. The Hall–Kier alpha value is -1.92. The molecule has 142 valence electrons. The Morgan fingerprint density at radius 2 is 1.65 bits per heavy atom. The minimum atomic E-state index is -0.884. The first-order valence-corrected chi connectivity index (χ1v) is 9.53. The van der Waals surface area contributed by atoms with Crippen molar-refractivity contribution in [3.63, 3.8) is 0 Å². The maximum atomic E-state index is 10.8. The lowest BCUT2D eigenvalue weighted by Gasteiger charge is -2.28. The summed E-state index contributed by atoms with van der Waals surface area (Å²) in [5, 5.41) is 25.2. The maximum Gasteiger partial charge on any atom is 0.317 e. The van der Waals surface area contributed by atoms with E-state index in [4.69, 9.17) is 5.11 Å². The highest BCUT2D eigenvalue weighted by Gasteiger charge is 2.27. The molecule has 0 aliphatic heterocycles. The molecule has 0 spiro atoms. The highest BCUT2D eigenvalue weighted by molar-refractivity contribution is 7.09. The van der Waals surface area contributed by atoms with Crippen LogP contribution in [0.15, 0.2) is 17.5 Å². The zero-order valence-corrected chi connectivity index (χ0v) is 17.1. The van der Waals surface area contributed by atoms with Gasteiger partial charge < -0.3 is 15.5 Å². The van der Waals surface area contributed by atoms with E-state index < -0.39 is 5.97 Å². The number of carboxylic acids is 1. The number of rotatable bonds is 5. The number of nitrogens with one attached hydrogen (secondary N) is 1. The van der Waals surface area contributed by atoms with E-state index in [9.17, 15) is 9.90 Å². The van der Waals surface area contributed by atoms with Crippen LogP contribution in [0, 0.1) is 0 Å². The van der Waals surface area contributed by atoms with E-state index in [1.54, 1.807) is 0 Å². The molecular formula is C20H28N2O3S. The Kier molecular flexibility index (Phi) is 5.78. The highest BCUT2D eigenvalue weighted by Crippen LogP contribution is 2.42. The summed E-state index contributed by atoms with van der Waals surface area (Å²) in [4.78, 5) is 15.2. The lowest BCUT2D eigenvalue weighted by Crippen LogP contribution is -2.21. The molecule has 2 aromatic rings. The predicted octanol–water partition coefficient (Wildman–Crippen LogP) is 4.28. The molecule has 0 saturated carbocycles. The Bertz CT molecular complexity index is 763. The smallest absolute Gasteiger partial charge is 0.317 e. The number of nitrogens with zero attached hydrogens (tertiary/aromatic N) is 1. The van der Waals surface area contributed by atoms with Crippen LogP contribution >= 0.6 is 11.3 Å². The van der Waals surface area contributed by atoms with Gasteiger partial charge in [0.1, 0.15) is 10.8 Å². The number of hydrogen-bond donors (Lipinski definition) is 3. The summed E-state index contributed by atoms with van der Waals surface area (Å²) >= 11 is 1.50. The van der Waals surface area contributed by atoms with Crippen LogP contribution in [0.3, 0.4) is 0 Å². The topological polar surface area (TPSA) is 82.5 Å². The van der Waals surface area contributed by atoms with E-state index in [-0.39, 0.29) is 17.4 Å². The van der Waals surface area contributed by atoms with Crippen LogP contribution in [0.25, 0.3) is 11.3 Å². The Labute approximate surface area is 159 Å². The first-order chi connectivity index (χ1) is 11.9. The summed E-state index contributed by atoms with van der Waals surface area (Å²) in [6, 6.07) is 4.02. The third kappa shape index (κ3) is 4.83. The van der Waals surface area contributed by atoms with Crippen molar-refractivity contribution in [2.24, 2.45) is 0 Å². The number of aliphatic carboxylic acids is 1. The van der Waals surface area contributed by atoms with Crippen LogP contribution in [0.4, 0.5) is 0 Å². The van der Waals surface area contributed by atoms with Crippen molar-refractivity contribution in [1.82, 2.24) is 10.3 Å². The van der Waals surface area contributed by atoms with Gasteiger partial charge in [0.05, 0.1) is 12.2 Å². The van der Waals surface area contributed by atoms with Crippen molar-refractivity contribution in [1.29, 1.82) is 0 Å². The van der Waals surface area contributed by atoms with Gasteiger partial charge in [0.15, 0.2) is 0 Å². The molecule has 6 heteroatoms. The van der Waals surface area contributed by atoms with Crippen LogP contribution < -0.4 is 5.32 Å². The number of phenols is 1. The van der Waals surface area contributed by atoms with E-state index in [0.29, 0.717) is 12.3 Å². The van der Waals surface area contributed by atoms with Gasteiger partial charge in [0.25, 0.3) is 0 Å². The normalized spacial score (nSPS) is 12.4. The summed E-state index contributed by atoms with van der Waals surface area (Å²) in [6.45, 7) is 12.8. The first-order valence-electron chi connectivity index (χ1n) is 8.65. The Morgan fingerprint density at radius 1 is 1.12 bits per heavy atom. The SMILES string of the molecule is CC(C)(C)c1cc(-c2csc(CNCC(=O)O)n2)cc(C(C)(C)C)c1O. The van der Waals surface area contributed by atoms with Gasteiger partial charge in [-0.05, 0) is 23.0 Å². The van der Waals surface area contributed by atoms with Crippen molar-refractivity contribution in [3.8, 4) is 17.0 Å². The summed E-state index contributed by atoms with van der Waals surface area (Å²) in [6.07, 6.45) is 0. The Balaban J connectivity index is 2.43. The lowest BCUT2D eigenvalue weighted by molar-refractivity contribution is -0.135. The average Bonchev–Trinajstić information content (AvgIpc) is 2.93. The summed E-state index contributed by atoms with van der Waals surface area (Å²) in [5.41, 5.74) is 3.23. The number of thiazole rings is 1. The number of benzene rings is 1. The number of aromatic hydroxyl groups is 1. The minimum Gasteiger partial charge on any atom is -0.507 e. The van der Waals surface area contributed by atoms with Crippen LogP contribution in [0.1, 0.15) is 57.7 Å². The molecule has 0 radical (unpaired) electrons. The van der Waals surface area contributed by atoms with Gasteiger partial charge in [-0.1, -0.05) is 41.5 Å². The molecule has 0 saturated heterocycles. The van der Waals surface area contributed by atoms with Gasteiger partial charge in [0, 0.05) is 28.6 Å². The van der Waals surface area contributed by atoms with Crippen molar-refractivity contribution >= 4 is 17.3 Å². The molecule has 1 aromatic heterocycles. The molecule has 1 aromatic carbocycles. The number of carboxylic acid groups (broad SMARTS) is 1. The predicted molar refractivity (Wildman–Crippen MR) is 106 cm³/mol. The van der Waals surface area contributed by atoms with Gasteiger partial charge in [-0.15, -0.1) is 11.3 Å². The molecule has 0 atom stereocenters. The molecule has 3 N–H and O–H groups in total. The zero-order valence-electron chi connectivity index (χ0n) is 16.3. The van der Waals surface area contributed by atoms with E-state index >= 15 is 0 Å². The first kappa shape index (κ1) is 20.4. The van der Waals surface area contributed by atoms with E-state index in [1.165, 1.54) is 11.3 Å². The van der Waals surface area contributed by atoms with Gasteiger partial charge in [-0.3, -0.25) is 4.79 Å². The van der Waals surface area contributed by atoms with Crippen LogP contribution in [0.5, 0.6) is 5.75 Å². The number of aromatic nitrogens is 1. The van der Waals surface area contributed by atoms with Crippen molar-refractivity contribution < 1.29 is 15.0 Å². The van der Waals surface area contributed by atoms with E-state index in [1.807, 2.05) is 17.5 Å². The molecule has 5 nitrogen and oxygen atoms in total. The van der Waals surface area contributed by atoms with Crippen molar-refractivity contribution in [2.45, 2.75) is 58.9 Å². The van der Waals surface area contributed by atoms with E-state index in [0.717, 1.165) is 27.4 Å². The average molecular weight is 377 g/mol. The molecule has 0 fully saturated rings. The molecule has 0 unspecified atom stereocenters. The third-order valence-electron chi connectivity index (χ3n) is 4.13. The molecule has 1 heterocycles. The monoisotopic (exact) mass is 376 g/mol. The van der Waals surface area contributed by atoms with Crippen LogP contribution in [-0.4, -0.2) is 27.7 Å². The van der Waals surface area contributed by atoms with Crippen LogP contribution in [0.2, 0.25) is 0 Å². The second kappa shape index (κ2) is 7.37. The quantitative estimate of drug-likeness (QED) is 0.725. The molecule has 2 rings (SSSR count). The standard InChI is InChI=1S/C20H28N2O3S/c1-19(2,3)13-7-12(8-14(18(13)25)20(4,5)6)15-11-26-16(22-15)9-21-10-17(23)24/h7-8,11,21,25H,9-10H2,1-6H3,(H,23,24). The molecule has 0 bridgehead atoms. The summed E-state index contributed by atoms with van der Waals surface area (Å²) < 4.78 is 0. The lowest BCUT2D eigenvalue weighted by atomic mass is 9.78. The van der Waals surface area contributed by atoms with Crippen molar-refractivity contribution in [2.75, 3.05) is 6.54 Å². The molecule has 26 heavy (non-hydrogen) atoms. The van der Waals surface area contributed by atoms with E-state index in [2.05, 4.69) is 51.8 Å². The fourth-order valence-electron chi connectivity index (χ4n) is 2.73. The summed E-state index contributed by atoms with van der Waals surface area (Å²) in [7, 11) is 0. The fraction of sp³-hybridized carbons (Fsp3) is 0.500. The molecule has 0 aliphatic carbocycles. The highest BCUT2D eigenvalue weighted by atomic mass is 32.1. The second-order valence-electron chi connectivity index (χ2n) is 8.54. The summed E-state index contributed by atoms with van der Waals surface area (Å²) in [5.74, 6) is -0.530. The second-order valence-corrected chi connectivity index (χ2v) is 9.49. The number of phenolic OH excluding ortho intramolecular Hbond substituents is 1. The molecular weight excluding hydrogens is 348 g/mol. The largest absolute Gasteiger partial charge is 0.507 e. The molecule has 0 aliphatic rings. The van der Waals surface area contributed by atoms with Gasteiger partial charge in [0.2, 0.25) is 0 Å². The van der Waals surface area contributed by atoms with Gasteiger partial charge in [-0.25, -0.2) is 4.98 Å². The third-order valence-corrected chi connectivity index (χ3v) is 4.97. The Morgan fingerprint density at radius 3 is 2.12 bits per heavy atom.